The molecule has 24 heavy (non-hydrogen) atoms. The molecule has 138 valence electrons. The van der Waals surface area contributed by atoms with Crippen molar-refractivity contribution in [3.8, 4) is 0 Å². The number of allylic oxidation sites excluding steroid dienone is 3. The van der Waals surface area contributed by atoms with E-state index in [2.05, 4.69) is 53.3 Å². The van der Waals surface area contributed by atoms with Crippen molar-refractivity contribution in [1.82, 2.24) is 0 Å². The second kappa shape index (κ2) is 8.85. The summed E-state index contributed by atoms with van der Waals surface area (Å²) in [5.41, 5.74) is 3.02. The molecule has 3 atom stereocenters. The van der Waals surface area contributed by atoms with Crippen LogP contribution >= 0.6 is 0 Å². The van der Waals surface area contributed by atoms with Gasteiger partial charge in [-0.15, -0.1) is 6.58 Å². The van der Waals surface area contributed by atoms with E-state index in [0.717, 1.165) is 18.3 Å². The molecule has 0 aliphatic heterocycles. The molecule has 0 heterocycles. The van der Waals surface area contributed by atoms with E-state index in [-0.39, 0.29) is 0 Å². The van der Waals surface area contributed by atoms with Gasteiger partial charge in [-0.3, -0.25) is 0 Å². The fraction of sp³-hybridized carbons (Fsp3) is 0.818. The monoisotopic (exact) mass is 348 g/mol. The van der Waals surface area contributed by atoms with Crippen LogP contribution in [0.15, 0.2) is 24.3 Å². The van der Waals surface area contributed by atoms with Gasteiger partial charge in [0.1, 0.15) is 0 Å². The van der Waals surface area contributed by atoms with Gasteiger partial charge in [-0.1, -0.05) is 64.7 Å². The zero-order valence-electron chi connectivity index (χ0n) is 16.8. The van der Waals surface area contributed by atoms with Crippen LogP contribution in [-0.2, 0) is 4.43 Å². The smallest absolute Gasteiger partial charge is 0.198 e. The van der Waals surface area contributed by atoms with Gasteiger partial charge in [0.15, 0.2) is 8.32 Å². The maximum atomic E-state index is 7.22. The summed E-state index contributed by atoms with van der Waals surface area (Å²) < 4.78 is 7.22. The van der Waals surface area contributed by atoms with Crippen molar-refractivity contribution in [2.24, 2.45) is 11.8 Å². The molecular weight excluding hydrogens is 308 g/mol. The number of hydrogen-bond acceptors (Lipinski definition) is 1. The summed E-state index contributed by atoms with van der Waals surface area (Å²) >= 11 is 0. The molecular formula is C22H40OSi. The Morgan fingerprint density at radius 2 is 1.92 bits per heavy atom. The minimum absolute atomic E-state index is 0.522. The highest BCUT2D eigenvalue weighted by Gasteiger charge is 2.46. The number of unbranched alkanes of at least 4 members (excludes halogenated alkanes) is 2. The third-order valence-electron chi connectivity index (χ3n) is 6.66. The maximum Gasteiger partial charge on any atom is 0.198 e. The minimum Gasteiger partial charge on any atom is -0.413 e. The minimum atomic E-state index is -1.73. The van der Waals surface area contributed by atoms with Gasteiger partial charge in [0, 0.05) is 6.10 Å². The molecule has 0 aromatic rings. The van der Waals surface area contributed by atoms with Crippen LogP contribution < -0.4 is 0 Å². The molecule has 2 rings (SSSR count). The summed E-state index contributed by atoms with van der Waals surface area (Å²) in [6, 6.07) is 1.33. The van der Waals surface area contributed by atoms with E-state index in [1.165, 1.54) is 44.6 Å². The lowest BCUT2D eigenvalue weighted by Gasteiger charge is -2.45. The fourth-order valence-electron chi connectivity index (χ4n) is 5.25. The molecule has 1 nitrogen and oxygen atoms in total. The second-order valence-electron chi connectivity index (χ2n) is 8.93. The Balaban J connectivity index is 2.10. The van der Waals surface area contributed by atoms with Crippen LogP contribution in [0.2, 0.25) is 17.1 Å². The SMILES string of the molecule is C=CCCCC[Si](OC1CCCC2C=C(C)CC21)(C(C)C)C(C)C. The molecule has 1 saturated carbocycles. The summed E-state index contributed by atoms with van der Waals surface area (Å²) in [5.74, 6) is 1.58. The van der Waals surface area contributed by atoms with Gasteiger partial charge in [-0.05, 0) is 61.6 Å². The van der Waals surface area contributed by atoms with Crippen molar-refractivity contribution in [2.75, 3.05) is 0 Å². The maximum absolute atomic E-state index is 7.22. The first-order valence-electron chi connectivity index (χ1n) is 10.4. The van der Waals surface area contributed by atoms with Crippen molar-refractivity contribution in [3.63, 3.8) is 0 Å². The lowest BCUT2D eigenvalue weighted by atomic mass is 9.79. The zero-order valence-corrected chi connectivity index (χ0v) is 17.8. The summed E-state index contributed by atoms with van der Waals surface area (Å²) in [6.07, 6.45) is 14.2. The highest BCUT2D eigenvalue weighted by atomic mass is 28.4. The molecule has 2 heteroatoms. The molecule has 2 aliphatic rings. The van der Waals surface area contributed by atoms with Crippen LogP contribution in [0.5, 0.6) is 0 Å². The lowest BCUT2D eigenvalue weighted by molar-refractivity contribution is 0.0610. The van der Waals surface area contributed by atoms with Crippen LogP contribution in [0, 0.1) is 11.8 Å². The Labute approximate surface area is 152 Å². The average molecular weight is 349 g/mol. The van der Waals surface area contributed by atoms with Gasteiger partial charge in [0.05, 0.1) is 0 Å². The van der Waals surface area contributed by atoms with Gasteiger partial charge < -0.3 is 4.43 Å². The zero-order chi connectivity index (χ0) is 17.7. The number of rotatable bonds is 9. The molecule has 0 aromatic heterocycles. The molecule has 1 fully saturated rings. The quantitative estimate of drug-likeness (QED) is 0.242. The van der Waals surface area contributed by atoms with E-state index < -0.39 is 8.32 Å². The number of hydrogen-bond donors (Lipinski definition) is 0. The molecule has 2 aliphatic carbocycles. The van der Waals surface area contributed by atoms with Crippen LogP contribution in [0.25, 0.3) is 0 Å². The first kappa shape index (κ1) is 20.0. The normalized spacial score (nSPS) is 27.5. The molecule has 0 amide bonds. The van der Waals surface area contributed by atoms with Crippen molar-refractivity contribution in [1.29, 1.82) is 0 Å². The van der Waals surface area contributed by atoms with Gasteiger partial charge in [0.2, 0.25) is 0 Å². The van der Waals surface area contributed by atoms with E-state index in [1.54, 1.807) is 5.57 Å². The highest BCUT2D eigenvalue weighted by molar-refractivity contribution is 6.76. The van der Waals surface area contributed by atoms with Gasteiger partial charge in [0.25, 0.3) is 0 Å². The first-order valence-corrected chi connectivity index (χ1v) is 12.6. The molecule has 0 radical (unpaired) electrons. The highest BCUT2D eigenvalue weighted by Crippen LogP contribution is 2.47. The third-order valence-corrected chi connectivity index (χ3v) is 12.4. The summed E-state index contributed by atoms with van der Waals surface area (Å²) in [6.45, 7) is 15.9. The summed E-state index contributed by atoms with van der Waals surface area (Å²) in [5, 5.41) is 0. The van der Waals surface area contributed by atoms with Crippen molar-refractivity contribution in [3.05, 3.63) is 24.3 Å². The molecule has 3 unspecified atom stereocenters. The largest absolute Gasteiger partial charge is 0.413 e. The van der Waals surface area contributed by atoms with Gasteiger partial charge >= 0.3 is 0 Å². The summed E-state index contributed by atoms with van der Waals surface area (Å²) in [7, 11) is -1.73. The predicted octanol–water partition coefficient (Wildman–Crippen LogP) is 7.26. The van der Waals surface area contributed by atoms with Crippen molar-refractivity contribution >= 4 is 8.32 Å². The second-order valence-corrected chi connectivity index (χ2v) is 13.9. The third kappa shape index (κ3) is 4.43. The standard InChI is InChI=1S/C22H40OSi/c1-7-8-9-10-14-24(17(2)3,18(4)5)23-22-13-11-12-20-15-19(6)16-21(20)22/h7,15,17-18,20-22H,1,8-14,16H2,2-6H3. The summed E-state index contributed by atoms with van der Waals surface area (Å²) in [4.78, 5) is 0. The predicted molar refractivity (Wildman–Crippen MR) is 109 cm³/mol. The van der Waals surface area contributed by atoms with Crippen LogP contribution in [-0.4, -0.2) is 14.4 Å². The Morgan fingerprint density at radius 1 is 1.21 bits per heavy atom. The average Bonchev–Trinajstić information content (AvgIpc) is 2.91. The molecule has 0 bridgehead atoms. The van der Waals surface area contributed by atoms with E-state index >= 15 is 0 Å². The number of fused-ring (bicyclic) bond motifs is 1. The Hall–Kier alpha value is -0.343. The van der Waals surface area contributed by atoms with E-state index in [4.69, 9.17) is 4.43 Å². The van der Waals surface area contributed by atoms with Crippen LogP contribution in [0.4, 0.5) is 0 Å². The molecule has 0 saturated heterocycles. The van der Waals surface area contributed by atoms with Gasteiger partial charge in [-0.25, -0.2) is 0 Å². The van der Waals surface area contributed by atoms with Crippen LogP contribution in [0.1, 0.15) is 79.6 Å². The Bertz CT molecular complexity index is 429. The Kier molecular flexibility index (Phi) is 7.36. The topological polar surface area (TPSA) is 9.23 Å². The van der Waals surface area contributed by atoms with E-state index in [1.807, 2.05) is 0 Å². The van der Waals surface area contributed by atoms with Gasteiger partial charge in [-0.2, -0.15) is 0 Å². The Morgan fingerprint density at radius 3 is 2.54 bits per heavy atom. The first-order chi connectivity index (χ1) is 11.4. The van der Waals surface area contributed by atoms with Crippen molar-refractivity contribution < 1.29 is 4.43 Å². The van der Waals surface area contributed by atoms with Crippen LogP contribution in [0.3, 0.4) is 0 Å². The fourth-order valence-corrected chi connectivity index (χ4v) is 10.1. The lowest BCUT2D eigenvalue weighted by Crippen LogP contribution is -2.50. The van der Waals surface area contributed by atoms with E-state index in [0.29, 0.717) is 17.2 Å². The van der Waals surface area contributed by atoms with E-state index in [9.17, 15) is 0 Å². The molecule has 0 N–H and O–H groups in total. The van der Waals surface area contributed by atoms with Crippen molar-refractivity contribution in [2.45, 2.75) is 103 Å². The molecule has 0 aromatic carbocycles. The molecule has 0 spiro atoms.